The van der Waals surface area contributed by atoms with Crippen LogP contribution in [0.5, 0.6) is 6.01 Å². The standard InChI is InChI=1S/C23H20ClF6N5O3/c1-38-21-33-17-9-35(20-15(23(28,29)30)6-11(8-31-20)18(37)10-36)5-4-13(17)19(34-21)32-12-2-3-14(16(24)7-12)22(25,26)27/h2-3,6-8,18,36-37H,4-5,9-10H2,1H3,(H,32,33,34)/t18-/m1/s1. The smallest absolute Gasteiger partial charge is 0.419 e. The quantitative estimate of drug-likeness (QED) is 0.364. The van der Waals surface area contributed by atoms with Crippen LogP contribution >= 0.6 is 11.6 Å². The van der Waals surface area contributed by atoms with Gasteiger partial charge in [0.1, 0.15) is 17.7 Å². The van der Waals surface area contributed by atoms with Gasteiger partial charge in [0.2, 0.25) is 0 Å². The molecule has 1 aliphatic heterocycles. The third-order valence-electron chi connectivity index (χ3n) is 5.81. The number of nitrogens with one attached hydrogen (secondary N) is 1. The summed E-state index contributed by atoms with van der Waals surface area (Å²) in [6, 6.07) is 3.70. The topological polar surface area (TPSA) is 104 Å². The molecule has 8 nitrogen and oxygen atoms in total. The minimum absolute atomic E-state index is 0.0725. The Kier molecular flexibility index (Phi) is 7.59. The molecule has 38 heavy (non-hydrogen) atoms. The number of hydrogen-bond acceptors (Lipinski definition) is 8. The number of alkyl halides is 6. The second kappa shape index (κ2) is 10.4. The molecule has 4 rings (SSSR count). The van der Waals surface area contributed by atoms with E-state index in [1.807, 2.05) is 0 Å². The number of ether oxygens (including phenoxy) is 1. The molecule has 0 bridgehead atoms. The minimum Gasteiger partial charge on any atom is -0.467 e. The summed E-state index contributed by atoms with van der Waals surface area (Å²) < 4.78 is 85.8. The summed E-state index contributed by atoms with van der Waals surface area (Å²) in [6.45, 7) is -0.816. The van der Waals surface area contributed by atoms with Gasteiger partial charge in [0.25, 0.3) is 0 Å². The number of rotatable bonds is 6. The van der Waals surface area contributed by atoms with Crippen LogP contribution in [0.25, 0.3) is 0 Å². The van der Waals surface area contributed by atoms with Crippen LogP contribution < -0.4 is 15.0 Å². The Hall–Kier alpha value is -3.36. The molecule has 3 N–H and O–H groups in total. The first-order valence-electron chi connectivity index (χ1n) is 11.0. The van der Waals surface area contributed by atoms with Crippen molar-refractivity contribution in [2.24, 2.45) is 0 Å². The number of aromatic nitrogens is 3. The maximum absolute atomic E-state index is 13.9. The molecule has 204 valence electrons. The van der Waals surface area contributed by atoms with E-state index >= 15 is 0 Å². The van der Waals surface area contributed by atoms with Crippen LogP contribution in [-0.4, -0.2) is 45.4 Å². The van der Waals surface area contributed by atoms with E-state index in [0.717, 1.165) is 24.4 Å². The Morgan fingerprint density at radius 2 is 1.82 bits per heavy atom. The SMILES string of the molecule is COc1nc2c(c(Nc3ccc(C(F)(F)F)c(Cl)c3)n1)CCN(c1ncc([C@H](O)CO)cc1C(F)(F)F)C2. The third kappa shape index (κ3) is 5.71. The van der Waals surface area contributed by atoms with Crippen LogP contribution in [-0.2, 0) is 25.3 Å². The number of anilines is 3. The lowest BCUT2D eigenvalue weighted by Gasteiger charge is -2.32. The van der Waals surface area contributed by atoms with E-state index in [0.29, 0.717) is 11.3 Å². The van der Waals surface area contributed by atoms with Gasteiger partial charge in [-0.1, -0.05) is 11.6 Å². The molecule has 0 saturated carbocycles. The fourth-order valence-electron chi connectivity index (χ4n) is 3.96. The summed E-state index contributed by atoms with van der Waals surface area (Å²) in [4.78, 5) is 13.7. The van der Waals surface area contributed by atoms with E-state index < -0.39 is 47.0 Å². The third-order valence-corrected chi connectivity index (χ3v) is 6.13. The van der Waals surface area contributed by atoms with Crippen molar-refractivity contribution in [1.29, 1.82) is 0 Å². The first-order chi connectivity index (χ1) is 17.8. The molecule has 0 fully saturated rings. The van der Waals surface area contributed by atoms with E-state index in [2.05, 4.69) is 20.3 Å². The lowest BCUT2D eigenvalue weighted by molar-refractivity contribution is -0.138. The van der Waals surface area contributed by atoms with Gasteiger partial charge in [-0.2, -0.15) is 36.3 Å². The van der Waals surface area contributed by atoms with E-state index in [4.69, 9.17) is 21.4 Å². The summed E-state index contributed by atoms with van der Waals surface area (Å²) in [5, 5.41) is 21.2. The zero-order valence-corrected chi connectivity index (χ0v) is 20.3. The number of methoxy groups -OCH3 is 1. The van der Waals surface area contributed by atoms with Crippen LogP contribution in [0, 0.1) is 0 Å². The fraction of sp³-hybridized carbons (Fsp3) is 0.348. The molecule has 1 atom stereocenters. The monoisotopic (exact) mass is 563 g/mol. The summed E-state index contributed by atoms with van der Waals surface area (Å²) in [5.41, 5.74) is -1.24. The second-order valence-electron chi connectivity index (χ2n) is 8.31. The van der Waals surface area contributed by atoms with Gasteiger partial charge in [0, 0.05) is 29.6 Å². The molecule has 3 heterocycles. The molecular weight excluding hydrogens is 544 g/mol. The van der Waals surface area contributed by atoms with E-state index in [9.17, 15) is 31.4 Å². The Morgan fingerprint density at radius 3 is 2.42 bits per heavy atom. The number of benzene rings is 1. The Balaban J connectivity index is 1.68. The highest BCUT2D eigenvalue weighted by atomic mass is 35.5. The predicted molar refractivity (Wildman–Crippen MR) is 124 cm³/mol. The van der Waals surface area contributed by atoms with Gasteiger partial charge in [-0.25, -0.2) is 4.98 Å². The van der Waals surface area contributed by atoms with Crippen LogP contribution in [0.4, 0.5) is 43.7 Å². The van der Waals surface area contributed by atoms with Gasteiger partial charge in [0.05, 0.1) is 42.1 Å². The number of halogens is 7. The molecule has 3 aromatic rings. The molecule has 0 spiro atoms. The van der Waals surface area contributed by atoms with Crippen molar-refractivity contribution < 1.29 is 41.3 Å². The van der Waals surface area contributed by atoms with Crippen molar-refractivity contribution in [3.63, 3.8) is 0 Å². The van der Waals surface area contributed by atoms with Crippen molar-refractivity contribution in [2.45, 2.75) is 31.4 Å². The van der Waals surface area contributed by atoms with Gasteiger partial charge in [-0.3, -0.25) is 0 Å². The van der Waals surface area contributed by atoms with Gasteiger partial charge in [-0.15, -0.1) is 0 Å². The number of aliphatic hydroxyl groups excluding tert-OH is 2. The van der Waals surface area contributed by atoms with Crippen molar-refractivity contribution in [2.75, 3.05) is 30.5 Å². The number of aliphatic hydroxyl groups is 2. The number of fused-ring (bicyclic) bond motifs is 1. The second-order valence-corrected chi connectivity index (χ2v) is 8.72. The molecule has 0 saturated heterocycles. The Bertz CT molecular complexity index is 1340. The number of nitrogens with zero attached hydrogens (tertiary/aromatic N) is 4. The molecule has 2 aromatic heterocycles. The molecule has 0 radical (unpaired) electrons. The van der Waals surface area contributed by atoms with Crippen LogP contribution in [0.3, 0.4) is 0 Å². The number of pyridine rings is 1. The van der Waals surface area contributed by atoms with Crippen molar-refractivity contribution in [3.8, 4) is 6.01 Å². The maximum Gasteiger partial charge on any atom is 0.419 e. The summed E-state index contributed by atoms with van der Waals surface area (Å²) in [5.74, 6) is -0.189. The van der Waals surface area contributed by atoms with Gasteiger partial charge in [-0.05, 0) is 30.7 Å². The molecule has 1 aromatic carbocycles. The lowest BCUT2D eigenvalue weighted by atomic mass is 10.0. The summed E-state index contributed by atoms with van der Waals surface area (Å²) in [6.07, 6.45) is -9.73. The van der Waals surface area contributed by atoms with Crippen molar-refractivity contribution in [3.05, 3.63) is 63.4 Å². The zero-order chi connectivity index (χ0) is 27.8. The predicted octanol–water partition coefficient (Wildman–Crippen LogP) is 4.90. The maximum atomic E-state index is 13.9. The van der Waals surface area contributed by atoms with Crippen LogP contribution in [0.1, 0.15) is 34.1 Å². The first kappa shape index (κ1) is 27.7. The van der Waals surface area contributed by atoms with Crippen LogP contribution in [0.15, 0.2) is 30.5 Å². The summed E-state index contributed by atoms with van der Waals surface area (Å²) in [7, 11) is 1.29. The fourth-order valence-corrected chi connectivity index (χ4v) is 4.25. The van der Waals surface area contributed by atoms with Crippen molar-refractivity contribution >= 4 is 28.9 Å². The average molecular weight is 564 g/mol. The average Bonchev–Trinajstić information content (AvgIpc) is 2.86. The van der Waals surface area contributed by atoms with E-state index in [1.165, 1.54) is 18.1 Å². The highest BCUT2D eigenvalue weighted by molar-refractivity contribution is 6.31. The Labute approximate surface area is 216 Å². The summed E-state index contributed by atoms with van der Waals surface area (Å²) >= 11 is 5.81. The molecule has 0 amide bonds. The van der Waals surface area contributed by atoms with Gasteiger partial charge < -0.3 is 25.2 Å². The molecule has 15 heteroatoms. The first-order valence-corrected chi connectivity index (χ1v) is 11.4. The number of hydrogen-bond donors (Lipinski definition) is 3. The van der Waals surface area contributed by atoms with E-state index in [-0.39, 0.29) is 42.6 Å². The molecule has 1 aliphatic rings. The Morgan fingerprint density at radius 1 is 1.11 bits per heavy atom. The highest BCUT2D eigenvalue weighted by Crippen LogP contribution is 2.40. The van der Waals surface area contributed by atoms with Crippen molar-refractivity contribution in [1.82, 2.24) is 15.0 Å². The highest BCUT2D eigenvalue weighted by Gasteiger charge is 2.38. The van der Waals surface area contributed by atoms with Gasteiger partial charge in [0.15, 0.2) is 0 Å². The van der Waals surface area contributed by atoms with E-state index in [1.54, 1.807) is 0 Å². The normalized spacial score (nSPS) is 14.7. The van der Waals surface area contributed by atoms with Gasteiger partial charge >= 0.3 is 18.4 Å². The molecular formula is C23H20ClF6N5O3. The minimum atomic E-state index is -4.80. The van der Waals surface area contributed by atoms with Crippen LogP contribution in [0.2, 0.25) is 5.02 Å². The molecule has 0 unspecified atom stereocenters. The molecule has 0 aliphatic carbocycles. The zero-order valence-electron chi connectivity index (χ0n) is 19.5. The lowest BCUT2D eigenvalue weighted by Crippen LogP contribution is -2.34. The largest absolute Gasteiger partial charge is 0.467 e.